The Hall–Kier alpha value is -2.81. The Balaban J connectivity index is 1.64. The number of aromatic nitrogens is 1. The molecule has 1 N–H and O–H groups in total. The van der Waals surface area contributed by atoms with Crippen LogP contribution >= 0.6 is 22.6 Å². The van der Waals surface area contributed by atoms with E-state index in [0.29, 0.717) is 11.3 Å². The van der Waals surface area contributed by atoms with Crippen LogP contribution in [0.4, 0.5) is 0 Å². The molecule has 0 radical (unpaired) electrons. The standard InChI is InChI=1S/C20H18IN3O3/c1-26-17-6-4-16(5-7-17)24-10-9-14(13-24)12-22-23-20(25)15-3-8-18(21)19(11-15)27-2/h3-13H,1-2H3,(H,23,25)/b22-12+. The summed E-state index contributed by atoms with van der Waals surface area (Å²) in [5.74, 6) is 1.17. The average Bonchev–Trinajstić information content (AvgIpc) is 3.17. The Labute approximate surface area is 170 Å². The van der Waals surface area contributed by atoms with Crippen LogP contribution in [0.15, 0.2) is 66.0 Å². The van der Waals surface area contributed by atoms with Crippen LogP contribution in [0.3, 0.4) is 0 Å². The van der Waals surface area contributed by atoms with E-state index in [1.54, 1.807) is 32.6 Å². The second kappa shape index (κ2) is 8.72. The van der Waals surface area contributed by atoms with Gasteiger partial charge >= 0.3 is 0 Å². The summed E-state index contributed by atoms with van der Waals surface area (Å²) in [5.41, 5.74) is 4.89. The van der Waals surface area contributed by atoms with E-state index in [0.717, 1.165) is 20.6 Å². The van der Waals surface area contributed by atoms with Crippen LogP contribution in [0, 0.1) is 3.57 Å². The van der Waals surface area contributed by atoms with Gasteiger partial charge in [-0.3, -0.25) is 4.79 Å². The highest BCUT2D eigenvalue weighted by Crippen LogP contribution is 2.21. The van der Waals surface area contributed by atoms with Gasteiger partial charge in [0.25, 0.3) is 5.91 Å². The summed E-state index contributed by atoms with van der Waals surface area (Å²) in [6.45, 7) is 0. The van der Waals surface area contributed by atoms with Crippen LogP contribution in [0.25, 0.3) is 5.69 Å². The van der Waals surface area contributed by atoms with Crippen LogP contribution in [-0.4, -0.2) is 30.9 Å². The third-order valence-corrected chi connectivity index (χ3v) is 4.77. The molecule has 0 aliphatic carbocycles. The minimum atomic E-state index is -0.296. The smallest absolute Gasteiger partial charge is 0.271 e. The fourth-order valence-corrected chi connectivity index (χ4v) is 2.99. The zero-order valence-corrected chi connectivity index (χ0v) is 17.0. The third kappa shape index (κ3) is 4.68. The van der Waals surface area contributed by atoms with E-state index >= 15 is 0 Å². The molecule has 27 heavy (non-hydrogen) atoms. The van der Waals surface area contributed by atoms with Crippen molar-refractivity contribution in [2.24, 2.45) is 5.10 Å². The van der Waals surface area contributed by atoms with Crippen molar-refractivity contribution in [2.75, 3.05) is 14.2 Å². The van der Waals surface area contributed by atoms with Gasteiger partial charge in [-0.05, 0) is 71.1 Å². The molecular weight excluding hydrogens is 457 g/mol. The van der Waals surface area contributed by atoms with Gasteiger partial charge in [-0.2, -0.15) is 5.10 Å². The molecule has 6 nitrogen and oxygen atoms in total. The lowest BCUT2D eigenvalue weighted by atomic mass is 10.2. The number of hydrazone groups is 1. The molecule has 1 aromatic heterocycles. The van der Waals surface area contributed by atoms with E-state index < -0.39 is 0 Å². The van der Waals surface area contributed by atoms with Crippen molar-refractivity contribution < 1.29 is 14.3 Å². The number of benzene rings is 2. The Morgan fingerprint density at radius 3 is 2.59 bits per heavy atom. The van der Waals surface area contributed by atoms with Crippen molar-refractivity contribution in [3.05, 3.63) is 75.6 Å². The van der Waals surface area contributed by atoms with Gasteiger partial charge in [-0.25, -0.2) is 5.43 Å². The van der Waals surface area contributed by atoms with Crippen molar-refractivity contribution in [2.45, 2.75) is 0 Å². The molecule has 2 aromatic carbocycles. The van der Waals surface area contributed by atoms with Crippen LogP contribution < -0.4 is 14.9 Å². The Morgan fingerprint density at radius 2 is 1.89 bits per heavy atom. The number of amides is 1. The summed E-state index contributed by atoms with van der Waals surface area (Å²) in [7, 11) is 3.21. The van der Waals surface area contributed by atoms with Crippen LogP contribution in [0.1, 0.15) is 15.9 Å². The first-order valence-electron chi connectivity index (χ1n) is 8.10. The van der Waals surface area contributed by atoms with Gasteiger partial charge in [0, 0.05) is 29.2 Å². The maximum atomic E-state index is 12.2. The Kier molecular flexibility index (Phi) is 6.12. The van der Waals surface area contributed by atoms with Crippen molar-refractivity contribution in [1.82, 2.24) is 9.99 Å². The third-order valence-electron chi connectivity index (χ3n) is 3.88. The molecule has 7 heteroatoms. The molecule has 1 heterocycles. The zero-order chi connectivity index (χ0) is 19.2. The van der Waals surface area contributed by atoms with Crippen LogP contribution in [0.2, 0.25) is 0 Å². The highest BCUT2D eigenvalue weighted by atomic mass is 127. The summed E-state index contributed by atoms with van der Waals surface area (Å²) >= 11 is 2.15. The molecule has 3 aromatic rings. The van der Waals surface area contributed by atoms with Crippen molar-refractivity contribution in [3.63, 3.8) is 0 Å². The van der Waals surface area contributed by atoms with Gasteiger partial charge < -0.3 is 14.0 Å². The first kappa shape index (κ1) is 19.0. The van der Waals surface area contributed by atoms with Crippen molar-refractivity contribution >= 4 is 34.7 Å². The van der Waals surface area contributed by atoms with E-state index in [-0.39, 0.29) is 5.91 Å². The van der Waals surface area contributed by atoms with Crippen LogP contribution in [0.5, 0.6) is 11.5 Å². The van der Waals surface area contributed by atoms with E-state index in [4.69, 9.17) is 9.47 Å². The lowest BCUT2D eigenvalue weighted by molar-refractivity contribution is 0.0954. The molecule has 0 unspecified atom stereocenters. The lowest BCUT2D eigenvalue weighted by Crippen LogP contribution is -2.17. The number of nitrogens with one attached hydrogen (secondary N) is 1. The molecule has 0 aliphatic rings. The number of carbonyl (C=O) groups is 1. The summed E-state index contributed by atoms with van der Waals surface area (Å²) < 4.78 is 13.3. The molecular formula is C20H18IN3O3. The van der Waals surface area contributed by atoms with Gasteiger partial charge in [0.15, 0.2) is 0 Å². The molecule has 0 fully saturated rings. The normalized spacial score (nSPS) is 10.8. The number of carbonyl (C=O) groups excluding carboxylic acids is 1. The van der Waals surface area contributed by atoms with Gasteiger partial charge in [0.1, 0.15) is 11.5 Å². The van der Waals surface area contributed by atoms with Gasteiger partial charge in [-0.1, -0.05) is 0 Å². The summed E-state index contributed by atoms with van der Waals surface area (Å²) in [6.07, 6.45) is 5.45. The number of hydrogen-bond acceptors (Lipinski definition) is 4. The fraction of sp³-hybridized carbons (Fsp3) is 0.100. The summed E-state index contributed by atoms with van der Waals surface area (Å²) in [5, 5.41) is 4.03. The minimum Gasteiger partial charge on any atom is -0.497 e. The predicted octanol–water partition coefficient (Wildman–Crippen LogP) is 3.86. The summed E-state index contributed by atoms with van der Waals surface area (Å²) in [6, 6.07) is 14.9. The lowest BCUT2D eigenvalue weighted by Gasteiger charge is -2.05. The minimum absolute atomic E-state index is 0.296. The first-order valence-corrected chi connectivity index (χ1v) is 9.18. The highest BCUT2D eigenvalue weighted by molar-refractivity contribution is 14.1. The Morgan fingerprint density at radius 1 is 1.11 bits per heavy atom. The number of methoxy groups -OCH3 is 2. The average molecular weight is 475 g/mol. The van der Waals surface area contributed by atoms with E-state index in [2.05, 4.69) is 33.1 Å². The predicted molar refractivity (Wildman–Crippen MR) is 113 cm³/mol. The maximum Gasteiger partial charge on any atom is 0.271 e. The summed E-state index contributed by atoms with van der Waals surface area (Å²) in [4.78, 5) is 12.2. The molecule has 138 valence electrons. The van der Waals surface area contributed by atoms with E-state index in [1.165, 1.54) is 0 Å². The number of ether oxygens (including phenoxy) is 2. The quantitative estimate of drug-likeness (QED) is 0.335. The van der Waals surface area contributed by atoms with Crippen molar-refractivity contribution in [1.29, 1.82) is 0 Å². The molecule has 0 atom stereocenters. The SMILES string of the molecule is COc1ccc(-n2ccc(/C=N/NC(=O)c3ccc(I)c(OC)c3)c2)cc1. The largest absolute Gasteiger partial charge is 0.497 e. The number of hydrogen-bond donors (Lipinski definition) is 1. The van der Waals surface area contributed by atoms with Crippen LogP contribution in [-0.2, 0) is 0 Å². The topological polar surface area (TPSA) is 64.8 Å². The maximum absolute atomic E-state index is 12.2. The molecule has 0 saturated carbocycles. The molecule has 1 amide bonds. The highest BCUT2D eigenvalue weighted by Gasteiger charge is 2.08. The fourth-order valence-electron chi connectivity index (χ4n) is 2.44. The molecule has 0 bridgehead atoms. The Bertz CT molecular complexity index is 965. The van der Waals surface area contributed by atoms with E-state index in [9.17, 15) is 4.79 Å². The number of halogens is 1. The number of nitrogens with zero attached hydrogens (tertiary/aromatic N) is 2. The molecule has 0 spiro atoms. The van der Waals surface area contributed by atoms with Gasteiger partial charge in [0.05, 0.1) is 24.0 Å². The monoisotopic (exact) mass is 475 g/mol. The second-order valence-electron chi connectivity index (χ2n) is 5.60. The molecule has 0 aliphatic heterocycles. The van der Waals surface area contributed by atoms with Crippen molar-refractivity contribution in [3.8, 4) is 17.2 Å². The first-order chi connectivity index (χ1) is 13.1. The number of rotatable bonds is 6. The van der Waals surface area contributed by atoms with Gasteiger partial charge in [0.2, 0.25) is 0 Å². The van der Waals surface area contributed by atoms with E-state index in [1.807, 2.05) is 53.4 Å². The molecule has 3 rings (SSSR count). The van der Waals surface area contributed by atoms with Gasteiger partial charge in [-0.15, -0.1) is 0 Å². The molecule has 0 saturated heterocycles. The zero-order valence-electron chi connectivity index (χ0n) is 14.8. The second-order valence-corrected chi connectivity index (χ2v) is 6.76.